The number of hydrogen-bond acceptors (Lipinski definition) is 5. The molecular weight excluding hydrogens is 294 g/mol. The quantitative estimate of drug-likeness (QED) is 0.869. The molecule has 0 bridgehead atoms. The highest BCUT2D eigenvalue weighted by Crippen LogP contribution is 2.27. The zero-order chi connectivity index (χ0) is 15.6. The summed E-state index contributed by atoms with van der Waals surface area (Å²) in [7, 11) is 0. The molecule has 3 heterocycles. The maximum Gasteiger partial charge on any atom is 0.137 e. The highest BCUT2D eigenvalue weighted by molar-refractivity contribution is 7.09. The van der Waals surface area contributed by atoms with Crippen LogP contribution in [0.2, 0.25) is 0 Å². The molecule has 1 aliphatic rings. The number of aromatic nitrogens is 4. The van der Waals surface area contributed by atoms with Gasteiger partial charge >= 0.3 is 0 Å². The van der Waals surface area contributed by atoms with Crippen LogP contribution in [0.5, 0.6) is 0 Å². The van der Waals surface area contributed by atoms with Gasteiger partial charge in [-0.05, 0) is 25.3 Å². The van der Waals surface area contributed by atoms with Crippen molar-refractivity contribution in [1.29, 1.82) is 0 Å². The van der Waals surface area contributed by atoms with E-state index in [1.807, 2.05) is 11.0 Å². The predicted molar refractivity (Wildman–Crippen MR) is 88.8 cm³/mol. The van der Waals surface area contributed by atoms with Gasteiger partial charge in [0.1, 0.15) is 12.7 Å². The molecule has 0 saturated carbocycles. The Morgan fingerprint density at radius 3 is 2.91 bits per heavy atom. The van der Waals surface area contributed by atoms with Crippen molar-refractivity contribution in [3.63, 3.8) is 0 Å². The molecular formula is C16H25N5S. The Morgan fingerprint density at radius 1 is 1.36 bits per heavy atom. The number of likely N-dealkylation sites (tertiary alicyclic amines) is 1. The Bertz CT molecular complexity index is 584. The maximum absolute atomic E-state index is 4.83. The van der Waals surface area contributed by atoms with Crippen molar-refractivity contribution in [2.75, 3.05) is 13.1 Å². The highest BCUT2D eigenvalue weighted by Gasteiger charge is 2.23. The van der Waals surface area contributed by atoms with Crippen LogP contribution in [0.25, 0.3) is 0 Å². The summed E-state index contributed by atoms with van der Waals surface area (Å²) in [5.74, 6) is 0.663. The monoisotopic (exact) mass is 319 g/mol. The van der Waals surface area contributed by atoms with E-state index < -0.39 is 0 Å². The summed E-state index contributed by atoms with van der Waals surface area (Å²) in [5.41, 5.74) is 1.37. The summed E-state index contributed by atoms with van der Waals surface area (Å²) in [6.45, 7) is 10.9. The Morgan fingerprint density at radius 2 is 2.23 bits per heavy atom. The van der Waals surface area contributed by atoms with E-state index in [0.29, 0.717) is 5.92 Å². The zero-order valence-corrected chi connectivity index (χ0v) is 14.5. The summed E-state index contributed by atoms with van der Waals surface area (Å²) < 4.78 is 1.95. The molecule has 5 nitrogen and oxygen atoms in total. The van der Waals surface area contributed by atoms with Crippen LogP contribution in [0.1, 0.15) is 44.3 Å². The average Bonchev–Trinajstić information content (AvgIpc) is 3.10. The van der Waals surface area contributed by atoms with E-state index in [0.717, 1.165) is 19.6 Å². The summed E-state index contributed by atoms with van der Waals surface area (Å²) in [6, 6.07) is 0. The third-order valence-electron chi connectivity index (χ3n) is 4.09. The van der Waals surface area contributed by atoms with Crippen LogP contribution >= 0.6 is 11.3 Å². The largest absolute Gasteiger partial charge is 0.297 e. The molecule has 0 radical (unpaired) electrons. The van der Waals surface area contributed by atoms with Gasteiger partial charge in [-0.25, -0.2) is 9.97 Å². The number of piperidine rings is 1. The lowest BCUT2D eigenvalue weighted by Crippen LogP contribution is -2.36. The molecule has 2 aromatic heterocycles. The van der Waals surface area contributed by atoms with Crippen LogP contribution in [0.15, 0.2) is 18.0 Å². The van der Waals surface area contributed by atoms with E-state index in [-0.39, 0.29) is 5.41 Å². The first kappa shape index (κ1) is 15.6. The van der Waals surface area contributed by atoms with Gasteiger partial charge < -0.3 is 0 Å². The van der Waals surface area contributed by atoms with Crippen LogP contribution in [0, 0.1) is 5.92 Å². The fourth-order valence-corrected chi connectivity index (χ4v) is 3.89. The molecule has 2 aromatic rings. The Kier molecular flexibility index (Phi) is 4.59. The Balaban J connectivity index is 1.57. The van der Waals surface area contributed by atoms with Gasteiger partial charge in [-0.2, -0.15) is 5.10 Å². The molecule has 3 rings (SSSR count). The van der Waals surface area contributed by atoms with Crippen molar-refractivity contribution in [2.24, 2.45) is 5.92 Å². The molecule has 1 aliphatic heterocycles. The minimum absolute atomic E-state index is 0.153. The first-order chi connectivity index (χ1) is 10.5. The number of rotatable bonds is 4. The number of hydrogen-bond donors (Lipinski definition) is 0. The molecule has 0 aliphatic carbocycles. The molecule has 0 unspecified atom stereocenters. The highest BCUT2D eigenvalue weighted by atomic mass is 32.1. The molecule has 22 heavy (non-hydrogen) atoms. The van der Waals surface area contributed by atoms with Crippen LogP contribution in [-0.4, -0.2) is 37.7 Å². The van der Waals surface area contributed by atoms with Crippen LogP contribution in [-0.2, 0) is 18.5 Å². The van der Waals surface area contributed by atoms with Gasteiger partial charge in [0.2, 0.25) is 0 Å². The smallest absolute Gasteiger partial charge is 0.137 e. The molecule has 1 saturated heterocycles. The standard InChI is InChI=1S/C16H25N5S/c1-16(2,3)15-19-14(10-22-15)9-20-6-4-5-13(7-20)8-21-12-17-11-18-21/h10-13H,4-9H2,1-3H3/t13-/m0/s1. The summed E-state index contributed by atoms with van der Waals surface area (Å²) in [4.78, 5) is 11.4. The van der Waals surface area contributed by atoms with Gasteiger partial charge in [0, 0.05) is 30.4 Å². The summed E-state index contributed by atoms with van der Waals surface area (Å²) in [5, 5.41) is 7.68. The van der Waals surface area contributed by atoms with E-state index in [1.54, 1.807) is 17.7 Å². The van der Waals surface area contributed by atoms with E-state index in [4.69, 9.17) is 4.98 Å². The molecule has 0 spiro atoms. The topological polar surface area (TPSA) is 46.8 Å². The third-order valence-corrected chi connectivity index (χ3v) is 5.41. The van der Waals surface area contributed by atoms with Crippen molar-refractivity contribution in [3.8, 4) is 0 Å². The van der Waals surface area contributed by atoms with Gasteiger partial charge in [-0.3, -0.25) is 9.58 Å². The van der Waals surface area contributed by atoms with Gasteiger partial charge in [0.25, 0.3) is 0 Å². The van der Waals surface area contributed by atoms with Crippen LogP contribution in [0.3, 0.4) is 0 Å². The van der Waals surface area contributed by atoms with Crippen LogP contribution in [0.4, 0.5) is 0 Å². The fraction of sp³-hybridized carbons (Fsp3) is 0.688. The van der Waals surface area contributed by atoms with Crippen LogP contribution < -0.4 is 0 Å². The lowest BCUT2D eigenvalue weighted by molar-refractivity contribution is 0.152. The molecule has 0 N–H and O–H groups in total. The van der Waals surface area contributed by atoms with E-state index in [9.17, 15) is 0 Å². The molecule has 1 fully saturated rings. The Labute approximate surface area is 136 Å². The molecule has 0 aromatic carbocycles. The van der Waals surface area contributed by atoms with Crippen molar-refractivity contribution < 1.29 is 0 Å². The van der Waals surface area contributed by atoms with Crippen molar-refractivity contribution in [3.05, 3.63) is 28.7 Å². The van der Waals surface area contributed by atoms with Gasteiger partial charge in [0.05, 0.1) is 10.7 Å². The normalized spacial score (nSPS) is 20.4. The SMILES string of the molecule is CC(C)(C)c1nc(CN2CCC[C@H](Cn3cncn3)C2)cs1. The maximum atomic E-state index is 4.83. The van der Waals surface area contributed by atoms with Gasteiger partial charge in [0.15, 0.2) is 0 Å². The first-order valence-corrected chi connectivity index (χ1v) is 8.88. The van der Waals surface area contributed by atoms with Crippen molar-refractivity contribution in [2.45, 2.75) is 52.1 Å². The van der Waals surface area contributed by atoms with E-state index >= 15 is 0 Å². The Hall–Kier alpha value is -1.27. The van der Waals surface area contributed by atoms with E-state index in [2.05, 4.69) is 41.1 Å². The third kappa shape index (κ3) is 3.93. The minimum Gasteiger partial charge on any atom is -0.297 e. The first-order valence-electron chi connectivity index (χ1n) is 8.00. The molecule has 0 amide bonds. The number of nitrogens with zero attached hydrogens (tertiary/aromatic N) is 5. The van der Waals surface area contributed by atoms with E-state index in [1.165, 1.54) is 30.1 Å². The molecule has 1 atom stereocenters. The second-order valence-corrected chi connectivity index (χ2v) is 8.11. The number of thiazole rings is 1. The second-order valence-electron chi connectivity index (χ2n) is 7.25. The molecule has 120 valence electrons. The lowest BCUT2D eigenvalue weighted by atomic mass is 9.97. The molecule has 6 heteroatoms. The van der Waals surface area contributed by atoms with Gasteiger partial charge in [-0.1, -0.05) is 20.8 Å². The minimum atomic E-state index is 0.153. The van der Waals surface area contributed by atoms with Gasteiger partial charge in [-0.15, -0.1) is 11.3 Å². The fourth-order valence-electron chi connectivity index (χ4n) is 2.99. The summed E-state index contributed by atoms with van der Waals surface area (Å²) >= 11 is 1.79. The van der Waals surface area contributed by atoms with Crippen molar-refractivity contribution >= 4 is 11.3 Å². The second kappa shape index (κ2) is 6.46. The summed E-state index contributed by atoms with van der Waals surface area (Å²) in [6.07, 6.45) is 5.97. The predicted octanol–water partition coefficient (Wildman–Crippen LogP) is 2.94. The zero-order valence-electron chi connectivity index (χ0n) is 13.7. The average molecular weight is 319 g/mol. The lowest BCUT2D eigenvalue weighted by Gasteiger charge is -2.32. The van der Waals surface area contributed by atoms with Crippen molar-refractivity contribution in [1.82, 2.24) is 24.6 Å².